The van der Waals surface area contributed by atoms with Crippen molar-refractivity contribution < 1.29 is 24.3 Å². The molecule has 0 aromatic heterocycles. The van der Waals surface area contributed by atoms with Gasteiger partial charge in [0.25, 0.3) is 6.04 Å². The van der Waals surface area contributed by atoms with E-state index in [9.17, 15) is 20.0 Å². The predicted molar refractivity (Wildman–Crippen MR) is 43.2 cm³/mol. The van der Waals surface area contributed by atoms with Gasteiger partial charge < -0.3 is 14.6 Å². The molecular weight excluding hydrogens is 194 g/mol. The van der Waals surface area contributed by atoms with Gasteiger partial charge >= 0.3 is 5.97 Å². The summed E-state index contributed by atoms with van der Waals surface area (Å²) in [6, 6.07) is -1.30. The summed E-state index contributed by atoms with van der Waals surface area (Å²) in [5, 5.41) is 19.8. The molecule has 7 nitrogen and oxygen atoms in total. The molecule has 0 spiro atoms. The van der Waals surface area contributed by atoms with Crippen molar-refractivity contribution in [3.63, 3.8) is 0 Å². The van der Waals surface area contributed by atoms with Gasteiger partial charge in [-0.2, -0.15) is 0 Å². The third kappa shape index (κ3) is 2.39. The van der Waals surface area contributed by atoms with Crippen LogP contribution in [0.1, 0.15) is 6.92 Å². The van der Waals surface area contributed by atoms with Crippen LogP contribution in [0, 0.1) is 10.1 Å². The average Bonchev–Trinajstić information content (AvgIpc) is 2.01. The lowest BCUT2D eigenvalue weighted by atomic mass is 10.0. The summed E-state index contributed by atoms with van der Waals surface area (Å²) in [6.45, 7) is 0.990. The zero-order valence-electron chi connectivity index (χ0n) is 7.58. The second kappa shape index (κ2) is 4.34. The van der Waals surface area contributed by atoms with E-state index >= 15 is 0 Å². The summed E-state index contributed by atoms with van der Waals surface area (Å²) in [6.07, 6.45) is -2.24. The fourth-order valence-corrected chi connectivity index (χ4v) is 1.34. The van der Waals surface area contributed by atoms with Gasteiger partial charge in [0.05, 0.1) is 13.2 Å². The van der Waals surface area contributed by atoms with E-state index in [4.69, 9.17) is 4.74 Å². The highest BCUT2D eigenvalue weighted by molar-refractivity contribution is 5.66. The van der Waals surface area contributed by atoms with Crippen LogP contribution in [0.5, 0.6) is 0 Å². The monoisotopic (exact) mass is 205 g/mol. The number of carbonyl (C=O) groups excluding carboxylic acids is 1. The van der Waals surface area contributed by atoms with Crippen molar-refractivity contribution in [2.24, 2.45) is 0 Å². The van der Waals surface area contributed by atoms with Crippen molar-refractivity contribution >= 4 is 5.97 Å². The molecule has 7 heteroatoms. The van der Waals surface area contributed by atoms with Gasteiger partial charge in [0.15, 0.2) is 6.10 Å². The van der Waals surface area contributed by atoms with Crippen molar-refractivity contribution in [1.82, 2.24) is 0 Å². The van der Waals surface area contributed by atoms with Crippen LogP contribution in [0.2, 0.25) is 0 Å². The number of nitro groups is 1. The Labute approximate surface area is 79.8 Å². The van der Waals surface area contributed by atoms with Crippen molar-refractivity contribution in [3.05, 3.63) is 10.1 Å². The molecule has 0 radical (unpaired) electrons. The van der Waals surface area contributed by atoms with E-state index in [0.717, 1.165) is 6.92 Å². The molecular formula is C7H11NO6. The molecule has 14 heavy (non-hydrogen) atoms. The van der Waals surface area contributed by atoms with Crippen LogP contribution < -0.4 is 0 Å². The fourth-order valence-electron chi connectivity index (χ4n) is 1.34. The minimum Gasteiger partial charge on any atom is -0.453 e. The summed E-state index contributed by atoms with van der Waals surface area (Å²) in [7, 11) is 0. The largest absolute Gasteiger partial charge is 0.453 e. The lowest BCUT2D eigenvalue weighted by Gasteiger charge is -2.28. The maximum absolute atomic E-state index is 10.6. The number of rotatable bonds is 2. The summed E-state index contributed by atoms with van der Waals surface area (Å²) in [5.41, 5.74) is 0. The molecule has 1 saturated heterocycles. The number of nitrogens with zero attached hydrogens (tertiary/aromatic N) is 1. The maximum atomic E-state index is 10.6. The number of esters is 1. The number of hydrogen-bond donors (Lipinski definition) is 1. The standard InChI is InChI=1S/C7H11NO6/c1-4(9)14-6-3-13-2-5(10)7(6)8(11)12/h5-7,10H,2-3H2,1H3. The molecule has 0 saturated carbocycles. The normalized spacial score (nSPS) is 32.3. The van der Waals surface area contributed by atoms with E-state index in [2.05, 4.69) is 4.74 Å². The summed E-state index contributed by atoms with van der Waals surface area (Å²) in [5.74, 6) is -0.625. The van der Waals surface area contributed by atoms with Crippen molar-refractivity contribution in [3.8, 4) is 0 Å². The number of carbonyl (C=O) groups is 1. The van der Waals surface area contributed by atoms with Gasteiger partial charge in [-0.1, -0.05) is 0 Å². The summed E-state index contributed by atoms with van der Waals surface area (Å²) >= 11 is 0. The Hall–Kier alpha value is -1.21. The van der Waals surface area contributed by atoms with Crippen LogP contribution in [0.25, 0.3) is 0 Å². The highest BCUT2D eigenvalue weighted by Crippen LogP contribution is 2.15. The molecule has 1 N–H and O–H groups in total. The molecule has 0 bridgehead atoms. The number of aliphatic hydroxyl groups excluding tert-OH is 1. The molecule has 0 aromatic carbocycles. The smallest absolute Gasteiger partial charge is 0.303 e. The van der Waals surface area contributed by atoms with E-state index < -0.39 is 29.1 Å². The van der Waals surface area contributed by atoms with E-state index in [0.29, 0.717) is 0 Å². The molecule has 1 fully saturated rings. The van der Waals surface area contributed by atoms with E-state index in [1.165, 1.54) is 0 Å². The van der Waals surface area contributed by atoms with Crippen LogP contribution in [-0.2, 0) is 14.3 Å². The molecule has 0 amide bonds. The molecule has 80 valence electrons. The molecule has 3 atom stereocenters. The van der Waals surface area contributed by atoms with E-state index in [1.54, 1.807) is 0 Å². The number of ether oxygens (including phenoxy) is 2. The Balaban J connectivity index is 2.69. The third-order valence-electron chi connectivity index (χ3n) is 1.91. The van der Waals surface area contributed by atoms with E-state index in [1.807, 2.05) is 0 Å². The SMILES string of the molecule is CC(=O)OC1COCC(O)C1[N+](=O)[O-]. The first-order valence-electron chi connectivity index (χ1n) is 4.09. The molecule has 0 aromatic rings. The zero-order valence-corrected chi connectivity index (χ0v) is 7.58. The van der Waals surface area contributed by atoms with Gasteiger partial charge in [0.1, 0.15) is 6.10 Å². The first-order valence-corrected chi connectivity index (χ1v) is 4.09. The average molecular weight is 205 g/mol. The topological polar surface area (TPSA) is 98.9 Å². The van der Waals surface area contributed by atoms with Gasteiger partial charge in [-0.3, -0.25) is 14.9 Å². The molecule has 3 unspecified atom stereocenters. The van der Waals surface area contributed by atoms with Gasteiger partial charge in [0, 0.05) is 11.8 Å². The van der Waals surface area contributed by atoms with Gasteiger partial charge in [-0.05, 0) is 0 Å². The molecule has 1 rings (SSSR count). The van der Waals surface area contributed by atoms with Crippen LogP contribution in [0.4, 0.5) is 0 Å². The first-order chi connectivity index (χ1) is 6.52. The number of aliphatic hydroxyl groups is 1. The van der Waals surface area contributed by atoms with Crippen molar-refractivity contribution in [2.75, 3.05) is 13.2 Å². The lowest BCUT2D eigenvalue weighted by Crippen LogP contribution is -2.53. The van der Waals surface area contributed by atoms with Crippen LogP contribution in [0.15, 0.2) is 0 Å². The second-order valence-electron chi connectivity index (χ2n) is 3.03. The van der Waals surface area contributed by atoms with Gasteiger partial charge in [-0.25, -0.2) is 0 Å². The minimum atomic E-state index is -1.30. The molecule has 1 aliphatic rings. The van der Waals surface area contributed by atoms with Crippen LogP contribution in [0.3, 0.4) is 0 Å². The van der Waals surface area contributed by atoms with Crippen molar-refractivity contribution in [1.29, 1.82) is 0 Å². The van der Waals surface area contributed by atoms with Gasteiger partial charge in [-0.15, -0.1) is 0 Å². The first kappa shape index (κ1) is 10.9. The van der Waals surface area contributed by atoms with E-state index in [-0.39, 0.29) is 13.2 Å². The maximum Gasteiger partial charge on any atom is 0.303 e. The summed E-state index contributed by atoms with van der Waals surface area (Å²) in [4.78, 5) is 20.5. The third-order valence-corrected chi connectivity index (χ3v) is 1.91. The Morgan fingerprint density at radius 3 is 2.79 bits per heavy atom. The Kier molecular flexibility index (Phi) is 3.37. The minimum absolute atomic E-state index is 0.0533. The lowest BCUT2D eigenvalue weighted by molar-refractivity contribution is -0.552. The Morgan fingerprint density at radius 1 is 1.64 bits per heavy atom. The Bertz CT molecular complexity index is 242. The molecule has 1 aliphatic heterocycles. The fraction of sp³-hybridized carbons (Fsp3) is 0.857. The van der Waals surface area contributed by atoms with Crippen LogP contribution >= 0.6 is 0 Å². The summed E-state index contributed by atoms with van der Waals surface area (Å²) < 4.78 is 9.51. The number of hydrogen-bond acceptors (Lipinski definition) is 6. The highest BCUT2D eigenvalue weighted by Gasteiger charge is 2.44. The quantitative estimate of drug-likeness (QED) is 0.351. The predicted octanol–water partition coefficient (Wildman–Crippen LogP) is -1.05. The highest BCUT2D eigenvalue weighted by atomic mass is 16.6. The second-order valence-corrected chi connectivity index (χ2v) is 3.03. The zero-order chi connectivity index (χ0) is 10.7. The van der Waals surface area contributed by atoms with Gasteiger partial charge in [0.2, 0.25) is 0 Å². The molecule has 1 heterocycles. The van der Waals surface area contributed by atoms with Crippen molar-refractivity contribution in [2.45, 2.75) is 25.2 Å². The molecule has 0 aliphatic carbocycles. The Morgan fingerprint density at radius 2 is 2.29 bits per heavy atom. The van der Waals surface area contributed by atoms with Crippen LogP contribution in [-0.4, -0.2) is 47.5 Å².